The van der Waals surface area contributed by atoms with Crippen LogP contribution in [0.1, 0.15) is 22.7 Å². The second-order valence-corrected chi connectivity index (χ2v) is 4.91. The van der Waals surface area contributed by atoms with Crippen LogP contribution in [0.4, 0.5) is 4.39 Å². The van der Waals surface area contributed by atoms with Crippen molar-refractivity contribution in [3.8, 4) is 0 Å². The van der Waals surface area contributed by atoms with E-state index in [0.29, 0.717) is 0 Å². The second-order valence-electron chi connectivity index (χ2n) is 4.06. The van der Waals surface area contributed by atoms with E-state index in [4.69, 9.17) is 5.73 Å². The van der Waals surface area contributed by atoms with Gasteiger partial charge >= 0.3 is 0 Å². The molecular formula is C14H13BrFN. The molecule has 0 fully saturated rings. The van der Waals surface area contributed by atoms with E-state index in [-0.39, 0.29) is 11.9 Å². The highest BCUT2D eigenvalue weighted by molar-refractivity contribution is 9.10. The summed E-state index contributed by atoms with van der Waals surface area (Å²) in [6.45, 7) is 2.01. The Hall–Kier alpha value is -1.19. The topological polar surface area (TPSA) is 26.0 Å². The average molecular weight is 294 g/mol. The minimum atomic E-state index is -0.319. The number of hydrogen-bond acceptors (Lipinski definition) is 1. The molecule has 2 aromatic rings. The van der Waals surface area contributed by atoms with Crippen molar-refractivity contribution in [1.82, 2.24) is 0 Å². The van der Waals surface area contributed by atoms with Crippen molar-refractivity contribution < 1.29 is 4.39 Å². The van der Waals surface area contributed by atoms with Gasteiger partial charge in [-0.2, -0.15) is 0 Å². The van der Waals surface area contributed by atoms with E-state index >= 15 is 0 Å². The molecule has 0 saturated heterocycles. The standard InChI is InChI=1S/C14H13BrFN/c1-9-3-2-4-10(7-9)14(17)12-8-11(16)5-6-13(12)15/h2-8,14H,17H2,1H3. The molecule has 1 nitrogen and oxygen atoms in total. The minimum Gasteiger partial charge on any atom is -0.320 e. The molecule has 2 N–H and O–H groups in total. The van der Waals surface area contributed by atoms with Gasteiger partial charge < -0.3 is 5.73 Å². The van der Waals surface area contributed by atoms with Crippen molar-refractivity contribution in [2.75, 3.05) is 0 Å². The Morgan fingerprint density at radius 2 is 1.94 bits per heavy atom. The molecule has 2 aromatic carbocycles. The molecule has 0 aliphatic heterocycles. The molecular weight excluding hydrogens is 281 g/mol. The van der Waals surface area contributed by atoms with Crippen LogP contribution in [-0.4, -0.2) is 0 Å². The Morgan fingerprint density at radius 1 is 1.18 bits per heavy atom. The number of aryl methyl sites for hydroxylation is 1. The van der Waals surface area contributed by atoms with E-state index in [2.05, 4.69) is 15.9 Å². The first-order valence-corrected chi connectivity index (χ1v) is 6.14. The number of benzene rings is 2. The van der Waals surface area contributed by atoms with Crippen molar-refractivity contribution >= 4 is 15.9 Å². The fourth-order valence-corrected chi connectivity index (χ4v) is 2.29. The third-order valence-corrected chi connectivity index (χ3v) is 3.42. The van der Waals surface area contributed by atoms with E-state index in [9.17, 15) is 4.39 Å². The SMILES string of the molecule is Cc1cccc(C(N)c2cc(F)ccc2Br)c1. The van der Waals surface area contributed by atoms with E-state index in [1.807, 2.05) is 31.2 Å². The first-order chi connectivity index (χ1) is 8.08. The summed E-state index contributed by atoms with van der Waals surface area (Å²) < 4.78 is 14.1. The summed E-state index contributed by atoms with van der Waals surface area (Å²) in [5.41, 5.74) is 9.04. The first-order valence-electron chi connectivity index (χ1n) is 5.35. The minimum absolute atomic E-state index is 0.272. The highest BCUT2D eigenvalue weighted by Crippen LogP contribution is 2.27. The summed E-state index contributed by atoms with van der Waals surface area (Å²) in [7, 11) is 0. The molecule has 3 heteroatoms. The van der Waals surface area contributed by atoms with Crippen molar-refractivity contribution in [2.24, 2.45) is 5.73 Å². The van der Waals surface area contributed by atoms with Gasteiger partial charge in [0.05, 0.1) is 6.04 Å². The van der Waals surface area contributed by atoms with Gasteiger partial charge in [0, 0.05) is 4.47 Å². The lowest BCUT2D eigenvalue weighted by Gasteiger charge is -2.15. The maximum Gasteiger partial charge on any atom is 0.123 e. The molecule has 17 heavy (non-hydrogen) atoms. The summed E-state index contributed by atoms with van der Waals surface area (Å²) in [4.78, 5) is 0. The third kappa shape index (κ3) is 2.73. The van der Waals surface area contributed by atoms with Crippen LogP contribution in [0.3, 0.4) is 0 Å². The lowest BCUT2D eigenvalue weighted by atomic mass is 9.98. The van der Waals surface area contributed by atoms with Crippen LogP contribution in [-0.2, 0) is 0 Å². The maximum atomic E-state index is 13.2. The predicted octanol–water partition coefficient (Wildman–Crippen LogP) is 3.94. The average Bonchev–Trinajstić information content (AvgIpc) is 2.31. The van der Waals surface area contributed by atoms with Crippen LogP contribution >= 0.6 is 15.9 Å². The lowest BCUT2D eigenvalue weighted by Crippen LogP contribution is -2.12. The fraction of sp³-hybridized carbons (Fsp3) is 0.143. The van der Waals surface area contributed by atoms with Crippen LogP contribution in [0.5, 0.6) is 0 Å². The van der Waals surface area contributed by atoms with Crippen LogP contribution in [0.2, 0.25) is 0 Å². The summed E-state index contributed by atoms with van der Waals surface area (Å²) in [5, 5.41) is 0. The van der Waals surface area contributed by atoms with E-state index in [1.54, 1.807) is 6.07 Å². The van der Waals surface area contributed by atoms with E-state index in [1.165, 1.54) is 12.1 Å². The zero-order valence-corrected chi connectivity index (χ0v) is 11.0. The van der Waals surface area contributed by atoms with Gasteiger partial charge in [-0.3, -0.25) is 0 Å². The van der Waals surface area contributed by atoms with E-state index < -0.39 is 0 Å². The highest BCUT2D eigenvalue weighted by Gasteiger charge is 2.13. The normalized spacial score (nSPS) is 12.5. The van der Waals surface area contributed by atoms with Gasteiger partial charge in [-0.15, -0.1) is 0 Å². The molecule has 0 heterocycles. The molecule has 1 atom stereocenters. The van der Waals surface area contributed by atoms with Crippen molar-refractivity contribution in [3.63, 3.8) is 0 Å². The van der Waals surface area contributed by atoms with Gasteiger partial charge in [-0.1, -0.05) is 45.8 Å². The third-order valence-electron chi connectivity index (χ3n) is 2.69. The molecule has 0 bridgehead atoms. The number of hydrogen-bond donors (Lipinski definition) is 1. The van der Waals surface area contributed by atoms with Crippen molar-refractivity contribution in [3.05, 3.63) is 69.4 Å². The number of nitrogens with two attached hydrogens (primary N) is 1. The van der Waals surface area contributed by atoms with Crippen molar-refractivity contribution in [2.45, 2.75) is 13.0 Å². The Balaban J connectivity index is 2.43. The Bertz CT molecular complexity index is 539. The summed E-state index contributed by atoms with van der Waals surface area (Å²) in [6, 6.07) is 12.2. The largest absolute Gasteiger partial charge is 0.320 e. The van der Waals surface area contributed by atoms with E-state index in [0.717, 1.165) is 21.2 Å². The van der Waals surface area contributed by atoms with Gasteiger partial charge in [-0.25, -0.2) is 4.39 Å². The smallest absolute Gasteiger partial charge is 0.123 e. The molecule has 0 spiro atoms. The number of rotatable bonds is 2. The van der Waals surface area contributed by atoms with Gasteiger partial charge in [0.1, 0.15) is 5.82 Å². The maximum absolute atomic E-state index is 13.2. The lowest BCUT2D eigenvalue weighted by molar-refractivity contribution is 0.623. The quantitative estimate of drug-likeness (QED) is 0.892. The predicted molar refractivity (Wildman–Crippen MR) is 71.3 cm³/mol. The molecule has 0 aromatic heterocycles. The Labute approximate surface area is 109 Å². The first kappa shape index (κ1) is 12.3. The van der Waals surface area contributed by atoms with Crippen LogP contribution in [0.15, 0.2) is 46.9 Å². The molecule has 0 aliphatic rings. The number of halogens is 2. The van der Waals surface area contributed by atoms with Gasteiger partial charge in [0.25, 0.3) is 0 Å². The fourth-order valence-electron chi connectivity index (χ4n) is 1.80. The summed E-state index contributed by atoms with van der Waals surface area (Å²) >= 11 is 3.40. The molecule has 1 unspecified atom stereocenters. The van der Waals surface area contributed by atoms with Gasteiger partial charge in [0.2, 0.25) is 0 Å². The molecule has 0 saturated carbocycles. The highest BCUT2D eigenvalue weighted by atomic mass is 79.9. The molecule has 0 radical (unpaired) electrons. The van der Waals surface area contributed by atoms with Crippen LogP contribution < -0.4 is 5.73 Å². The Kier molecular flexibility index (Phi) is 3.60. The molecule has 0 aliphatic carbocycles. The van der Waals surface area contributed by atoms with Crippen LogP contribution in [0, 0.1) is 12.7 Å². The Morgan fingerprint density at radius 3 is 2.65 bits per heavy atom. The van der Waals surface area contributed by atoms with Crippen molar-refractivity contribution in [1.29, 1.82) is 0 Å². The molecule has 0 amide bonds. The van der Waals surface area contributed by atoms with Gasteiger partial charge in [0.15, 0.2) is 0 Å². The monoisotopic (exact) mass is 293 g/mol. The second kappa shape index (κ2) is 4.98. The molecule has 2 rings (SSSR count). The summed E-state index contributed by atoms with van der Waals surface area (Å²) in [5.74, 6) is -0.272. The molecule has 88 valence electrons. The zero-order valence-electron chi connectivity index (χ0n) is 9.45. The van der Waals surface area contributed by atoms with Gasteiger partial charge in [-0.05, 0) is 36.2 Å². The van der Waals surface area contributed by atoms with Crippen LogP contribution in [0.25, 0.3) is 0 Å². The summed E-state index contributed by atoms with van der Waals surface area (Å²) in [6.07, 6.45) is 0. The zero-order chi connectivity index (χ0) is 12.4.